The molecule has 3 rings (SSSR count). The van der Waals surface area contributed by atoms with E-state index in [0.717, 1.165) is 18.4 Å². The minimum absolute atomic E-state index is 0.0434. The van der Waals surface area contributed by atoms with E-state index in [0.29, 0.717) is 22.8 Å². The zero-order valence-electron chi connectivity index (χ0n) is 15.3. The molecule has 1 aliphatic carbocycles. The van der Waals surface area contributed by atoms with E-state index in [1.165, 1.54) is 12.8 Å². The minimum atomic E-state index is -0.0434. The van der Waals surface area contributed by atoms with Crippen LogP contribution in [0.15, 0.2) is 42.5 Å². The molecule has 26 heavy (non-hydrogen) atoms. The number of amides is 1. The number of ether oxygens (including phenoxy) is 3. The van der Waals surface area contributed by atoms with Crippen LogP contribution in [0.2, 0.25) is 0 Å². The van der Waals surface area contributed by atoms with Crippen LogP contribution >= 0.6 is 0 Å². The summed E-state index contributed by atoms with van der Waals surface area (Å²) in [6.45, 7) is 0.286. The van der Waals surface area contributed by atoms with Crippen LogP contribution in [0.5, 0.6) is 17.2 Å². The Morgan fingerprint density at radius 2 is 1.69 bits per heavy atom. The Morgan fingerprint density at radius 1 is 1.00 bits per heavy atom. The summed E-state index contributed by atoms with van der Waals surface area (Å²) in [7, 11) is 3.22. The van der Waals surface area contributed by atoms with E-state index in [9.17, 15) is 4.79 Å². The molecule has 0 atom stereocenters. The highest BCUT2D eigenvalue weighted by atomic mass is 16.5. The van der Waals surface area contributed by atoms with Crippen LogP contribution in [0.1, 0.15) is 41.6 Å². The molecule has 0 saturated heterocycles. The quantitative estimate of drug-likeness (QED) is 0.817. The standard InChI is InChI=1S/C21H25NO4/c1-24-18-12-11-15(21(23)22-17-7-3-4-8-17)13-16(18)14-26-20-10-6-5-9-19(20)25-2/h5-6,9-13,17H,3-4,7-8,14H2,1-2H3,(H,22,23). The lowest BCUT2D eigenvalue weighted by Gasteiger charge is -2.15. The summed E-state index contributed by atoms with van der Waals surface area (Å²) in [4.78, 5) is 12.5. The van der Waals surface area contributed by atoms with Crippen molar-refractivity contribution in [2.45, 2.75) is 38.3 Å². The summed E-state index contributed by atoms with van der Waals surface area (Å²) >= 11 is 0. The fourth-order valence-corrected chi connectivity index (χ4v) is 3.27. The van der Waals surface area contributed by atoms with E-state index in [2.05, 4.69) is 5.32 Å². The molecular formula is C21H25NO4. The van der Waals surface area contributed by atoms with Crippen molar-refractivity contribution < 1.29 is 19.0 Å². The number of benzene rings is 2. The first kappa shape index (κ1) is 18.1. The van der Waals surface area contributed by atoms with Crippen LogP contribution in [0.4, 0.5) is 0 Å². The maximum atomic E-state index is 12.5. The molecule has 2 aromatic carbocycles. The van der Waals surface area contributed by atoms with Gasteiger partial charge in [0.1, 0.15) is 12.4 Å². The lowest BCUT2D eigenvalue weighted by Crippen LogP contribution is -2.32. The normalized spacial score (nSPS) is 14.1. The predicted molar refractivity (Wildman–Crippen MR) is 100 cm³/mol. The molecule has 5 heteroatoms. The fourth-order valence-electron chi connectivity index (χ4n) is 3.27. The highest BCUT2D eigenvalue weighted by molar-refractivity contribution is 5.94. The first-order valence-electron chi connectivity index (χ1n) is 8.95. The van der Waals surface area contributed by atoms with Crippen molar-refractivity contribution in [1.29, 1.82) is 0 Å². The number of carbonyl (C=O) groups is 1. The predicted octanol–water partition coefficient (Wildman–Crippen LogP) is 3.96. The number of hydrogen-bond acceptors (Lipinski definition) is 4. The molecular weight excluding hydrogens is 330 g/mol. The number of rotatable bonds is 7. The van der Waals surface area contributed by atoms with E-state index in [1.807, 2.05) is 36.4 Å². The molecule has 1 N–H and O–H groups in total. The summed E-state index contributed by atoms with van der Waals surface area (Å²) in [5.74, 6) is 1.97. The molecule has 0 radical (unpaired) electrons. The third-order valence-corrected chi connectivity index (χ3v) is 4.69. The average molecular weight is 355 g/mol. The van der Waals surface area contributed by atoms with Gasteiger partial charge in [-0.25, -0.2) is 0 Å². The van der Waals surface area contributed by atoms with Gasteiger partial charge in [-0.1, -0.05) is 25.0 Å². The van der Waals surface area contributed by atoms with Gasteiger partial charge in [-0.15, -0.1) is 0 Å². The summed E-state index contributed by atoms with van der Waals surface area (Å²) in [5, 5.41) is 3.11. The van der Waals surface area contributed by atoms with Crippen LogP contribution in [0, 0.1) is 0 Å². The Morgan fingerprint density at radius 3 is 2.38 bits per heavy atom. The van der Waals surface area contributed by atoms with Crippen molar-refractivity contribution in [1.82, 2.24) is 5.32 Å². The van der Waals surface area contributed by atoms with Crippen LogP contribution in [0.25, 0.3) is 0 Å². The van der Waals surface area contributed by atoms with Crippen LogP contribution in [0.3, 0.4) is 0 Å². The first-order chi connectivity index (χ1) is 12.7. The van der Waals surface area contributed by atoms with Crippen LogP contribution in [-0.4, -0.2) is 26.2 Å². The topological polar surface area (TPSA) is 56.8 Å². The van der Waals surface area contributed by atoms with E-state index in [4.69, 9.17) is 14.2 Å². The van der Waals surface area contributed by atoms with Crippen molar-refractivity contribution in [2.75, 3.05) is 14.2 Å². The summed E-state index contributed by atoms with van der Waals surface area (Å²) in [6, 6.07) is 13.2. The van der Waals surface area contributed by atoms with E-state index >= 15 is 0 Å². The van der Waals surface area contributed by atoms with E-state index in [-0.39, 0.29) is 18.6 Å². The van der Waals surface area contributed by atoms with Gasteiger partial charge in [-0.2, -0.15) is 0 Å². The summed E-state index contributed by atoms with van der Waals surface area (Å²) in [6.07, 6.45) is 4.49. The summed E-state index contributed by atoms with van der Waals surface area (Å²) < 4.78 is 16.6. The molecule has 5 nitrogen and oxygen atoms in total. The van der Waals surface area contributed by atoms with Crippen molar-refractivity contribution in [3.8, 4) is 17.2 Å². The van der Waals surface area contributed by atoms with Gasteiger partial charge in [-0.3, -0.25) is 4.79 Å². The Labute approximate surface area is 154 Å². The Balaban J connectivity index is 1.73. The van der Waals surface area contributed by atoms with Gasteiger partial charge in [0.15, 0.2) is 11.5 Å². The molecule has 1 saturated carbocycles. The Bertz CT molecular complexity index is 753. The minimum Gasteiger partial charge on any atom is -0.496 e. The van der Waals surface area contributed by atoms with Gasteiger partial charge in [0, 0.05) is 17.2 Å². The number of nitrogens with one attached hydrogen (secondary N) is 1. The van der Waals surface area contributed by atoms with Gasteiger partial charge in [0.25, 0.3) is 5.91 Å². The summed E-state index contributed by atoms with van der Waals surface area (Å²) in [5.41, 5.74) is 1.44. The van der Waals surface area contributed by atoms with Crippen LogP contribution in [-0.2, 0) is 6.61 Å². The van der Waals surface area contributed by atoms with Gasteiger partial charge < -0.3 is 19.5 Å². The molecule has 0 unspecified atom stereocenters. The first-order valence-corrected chi connectivity index (χ1v) is 8.95. The maximum absolute atomic E-state index is 12.5. The molecule has 0 heterocycles. The highest BCUT2D eigenvalue weighted by Gasteiger charge is 2.19. The molecule has 1 fully saturated rings. The van der Waals surface area contributed by atoms with Crippen molar-refractivity contribution in [3.05, 3.63) is 53.6 Å². The molecule has 138 valence electrons. The lowest BCUT2D eigenvalue weighted by molar-refractivity contribution is 0.0937. The number of methoxy groups -OCH3 is 2. The smallest absolute Gasteiger partial charge is 0.251 e. The highest BCUT2D eigenvalue weighted by Crippen LogP contribution is 2.28. The van der Waals surface area contributed by atoms with Gasteiger partial charge in [0.05, 0.1) is 14.2 Å². The van der Waals surface area contributed by atoms with Gasteiger partial charge in [-0.05, 0) is 43.2 Å². The Kier molecular flexibility index (Phi) is 6.00. The lowest BCUT2D eigenvalue weighted by atomic mass is 10.1. The number of carbonyl (C=O) groups excluding carboxylic acids is 1. The van der Waals surface area contributed by atoms with Gasteiger partial charge >= 0.3 is 0 Å². The maximum Gasteiger partial charge on any atom is 0.251 e. The molecule has 0 spiro atoms. The number of hydrogen-bond donors (Lipinski definition) is 1. The van der Waals surface area contributed by atoms with E-state index in [1.54, 1.807) is 20.3 Å². The second-order valence-electron chi connectivity index (χ2n) is 6.42. The van der Waals surface area contributed by atoms with E-state index < -0.39 is 0 Å². The Hall–Kier alpha value is -2.69. The molecule has 1 amide bonds. The van der Waals surface area contributed by atoms with Crippen LogP contribution < -0.4 is 19.5 Å². The molecule has 0 aliphatic heterocycles. The third-order valence-electron chi connectivity index (χ3n) is 4.69. The largest absolute Gasteiger partial charge is 0.496 e. The fraction of sp³-hybridized carbons (Fsp3) is 0.381. The second kappa shape index (κ2) is 8.61. The average Bonchev–Trinajstić information content (AvgIpc) is 3.19. The molecule has 0 bridgehead atoms. The van der Waals surface area contributed by atoms with Gasteiger partial charge in [0.2, 0.25) is 0 Å². The zero-order valence-corrected chi connectivity index (χ0v) is 15.3. The van der Waals surface area contributed by atoms with Crippen molar-refractivity contribution >= 4 is 5.91 Å². The molecule has 1 aliphatic rings. The number of para-hydroxylation sites is 2. The van der Waals surface area contributed by atoms with Crippen molar-refractivity contribution in [3.63, 3.8) is 0 Å². The third kappa shape index (κ3) is 4.28. The zero-order chi connectivity index (χ0) is 18.4. The SMILES string of the molecule is COc1ccc(C(=O)NC2CCCC2)cc1COc1ccccc1OC. The monoisotopic (exact) mass is 355 g/mol. The van der Waals surface area contributed by atoms with Crippen molar-refractivity contribution in [2.24, 2.45) is 0 Å². The second-order valence-corrected chi connectivity index (χ2v) is 6.42. The molecule has 0 aromatic heterocycles. The molecule has 2 aromatic rings.